The predicted octanol–water partition coefficient (Wildman–Crippen LogP) is 4.22. The summed E-state index contributed by atoms with van der Waals surface area (Å²) in [5.74, 6) is 0.363. The fourth-order valence-corrected chi connectivity index (χ4v) is 5.72. The summed E-state index contributed by atoms with van der Waals surface area (Å²) >= 11 is 0. The topological polar surface area (TPSA) is 67.6 Å². The number of aliphatic hydroxyl groups is 1. The lowest BCUT2D eigenvalue weighted by Crippen LogP contribution is -2.68. The smallest absolute Gasteiger partial charge is 0.227 e. The van der Waals surface area contributed by atoms with Crippen molar-refractivity contribution in [1.29, 1.82) is 5.26 Å². The van der Waals surface area contributed by atoms with Crippen molar-refractivity contribution in [3.8, 4) is 17.2 Å². The number of nitrogens with zero attached hydrogens (tertiary/aromatic N) is 3. The highest BCUT2D eigenvalue weighted by molar-refractivity contribution is 5.79. The van der Waals surface area contributed by atoms with Crippen molar-refractivity contribution in [2.45, 2.75) is 37.3 Å². The summed E-state index contributed by atoms with van der Waals surface area (Å²) in [5, 5.41) is 19.4. The first-order valence-corrected chi connectivity index (χ1v) is 12.5. The third-order valence-corrected chi connectivity index (χ3v) is 7.54. The van der Waals surface area contributed by atoms with E-state index in [-0.39, 0.29) is 30.5 Å². The Kier molecular flexibility index (Phi) is 6.94. The molecule has 3 aromatic carbocycles. The minimum atomic E-state index is 0.0805. The van der Waals surface area contributed by atoms with Crippen molar-refractivity contribution in [3.63, 3.8) is 0 Å². The summed E-state index contributed by atoms with van der Waals surface area (Å²) in [4.78, 5) is 17.6. The van der Waals surface area contributed by atoms with Gasteiger partial charge in [0.05, 0.1) is 24.7 Å². The maximum Gasteiger partial charge on any atom is 0.227 e. The van der Waals surface area contributed by atoms with Crippen LogP contribution in [0.2, 0.25) is 0 Å². The maximum atomic E-state index is 13.2. The SMILES string of the molecule is N#Cc1cccc(-c2ccc([C@H]3[C@H](CO)N4CCCCN(C(=O)Cc5ccccc5)C[C@@H]34)cc2)c1. The second kappa shape index (κ2) is 10.4. The minimum absolute atomic E-state index is 0.0805. The average molecular weight is 466 g/mol. The van der Waals surface area contributed by atoms with Crippen LogP contribution in [-0.4, -0.2) is 59.1 Å². The molecule has 0 radical (unpaired) electrons. The molecule has 0 aromatic heterocycles. The van der Waals surface area contributed by atoms with E-state index in [4.69, 9.17) is 0 Å². The summed E-state index contributed by atoms with van der Waals surface area (Å²) in [7, 11) is 0. The monoisotopic (exact) mass is 465 g/mol. The van der Waals surface area contributed by atoms with Crippen LogP contribution in [0.5, 0.6) is 0 Å². The quantitative estimate of drug-likeness (QED) is 0.613. The third-order valence-electron chi connectivity index (χ3n) is 7.54. The van der Waals surface area contributed by atoms with Gasteiger partial charge in [-0.3, -0.25) is 9.69 Å². The lowest BCUT2D eigenvalue weighted by atomic mass is 9.74. The fourth-order valence-electron chi connectivity index (χ4n) is 5.72. The molecule has 178 valence electrons. The van der Waals surface area contributed by atoms with Gasteiger partial charge in [0.2, 0.25) is 5.91 Å². The molecule has 5 nitrogen and oxygen atoms in total. The summed E-state index contributed by atoms with van der Waals surface area (Å²) in [5.41, 5.74) is 4.98. The summed E-state index contributed by atoms with van der Waals surface area (Å²) in [6, 6.07) is 28.6. The number of hydrogen-bond acceptors (Lipinski definition) is 4. The van der Waals surface area contributed by atoms with Gasteiger partial charge < -0.3 is 10.0 Å². The van der Waals surface area contributed by atoms with Crippen molar-refractivity contribution in [1.82, 2.24) is 9.80 Å². The summed E-state index contributed by atoms with van der Waals surface area (Å²) in [6.07, 6.45) is 2.45. The first-order valence-electron chi connectivity index (χ1n) is 12.5. The Bertz CT molecular complexity index is 1200. The Morgan fingerprint density at radius 2 is 1.71 bits per heavy atom. The molecule has 3 atom stereocenters. The van der Waals surface area contributed by atoms with E-state index in [0.29, 0.717) is 18.5 Å². The molecule has 2 aliphatic heterocycles. The molecule has 3 aromatic rings. The zero-order valence-electron chi connectivity index (χ0n) is 19.9. The Labute approximate surface area is 207 Å². The Balaban J connectivity index is 1.35. The largest absolute Gasteiger partial charge is 0.395 e. The molecule has 0 spiro atoms. The van der Waals surface area contributed by atoms with Crippen molar-refractivity contribution in [2.24, 2.45) is 0 Å². The highest BCUT2D eigenvalue weighted by atomic mass is 16.3. The highest BCUT2D eigenvalue weighted by Gasteiger charge is 2.49. The summed E-state index contributed by atoms with van der Waals surface area (Å²) in [6.45, 7) is 2.57. The number of fused-ring (bicyclic) bond motifs is 1. The van der Waals surface area contributed by atoms with Gasteiger partial charge in [-0.05, 0) is 53.8 Å². The number of carbonyl (C=O) groups is 1. The number of carbonyl (C=O) groups excluding carboxylic acids is 1. The van der Waals surface area contributed by atoms with E-state index in [2.05, 4.69) is 35.2 Å². The number of nitriles is 1. The van der Waals surface area contributed by atoms with Gasteiger partial charge >= 0.3 is 0 Å². The van der Waals surface area contributed by atoms with Crippen LogP contribution in [0.4, 0.5) is 0 Å². The Morgan fingerprint density at radius 3 is 2.46 bits per heavy atom. The van der Waals surface area contributed by atoms with E-state index in [0.717, 1.165) is 42.6 Å². The van der Waals surface area contributed by atoms with Gasteiger partial charge in [-0.2, -0.15) is 5.26 Å². The van der Waals surface area contributed by atoms with Crippen LogP contribution in [0.1, 0.15) is 35.4 Å². The van der Waals surface area contributed by atoms with E-state index in [9.17, 15) is 15.2 Å². The zero-order valence-corrected chi connectivity index (χ0v) is 19.9. The molecule has 5 heteroatoms. The summed E-state index contributed by atoms with van der Waals surface area (Å²) < 4.78 is 0. The van der Waals surface area contributed by atoms with Crippen LogP contribution in [-0.2, 0) is 11.2 Å². The fraction of sp³-hybridized carbons (Fsp3) is 0.333. The first-order chi connectivity index (χ1) is 17.2. The van der Waals surface area contributed by atoms with Crippen molar-refractivity contribution in [2.75, 3.05) is 26.2 Å². The molecule has 2 saturated heterocycles. The molecule has 1 amide bonds. The van der Waals surface area contributed by atoms with Gasteiger partial charge in [-0.15, -0.1) is 0 Å². The Hall–Kier alpha value is -3.46. The van der Waals surface area contributed by atoms with E-state index in [1.807, 2.05) is 59.5 Å². The molecule has 0 aliphatic carbocycles. The van der Waals surface area contributed by atoms with Crippen LogP contribution in [0.3, 0.4) is 0 Å². The van der Waals surface area contributed by atoms with E-state index < -0.39 is 0 Å². The number of rotatable bonds is 5. The van der Waals surface area contributed by atoms with Crippen molar-refractivity contribution in [3.05, 3.63) is 95.6 Å². The van der Waals surface area contributed by atoms with Crippen LogP contribution < -0.4 is 0 Å². The Morgan fingerprint density at radius 1 is 0.943 bits per heavy atom. The van der Waals surface area contributed by atoms with Crippen molar-refractivity contribution < 1.29 is 9.90 Å². The molecular formula is C30H31N3O2. The standard InChI is InChI=1S/C30H31N3O2/c31-19-23-9-6-10-26(17-23)24-11-13-25(14-12-24)30-27-20-32(15-4-5-16-33(27)28(30)21-34)29(35)18-22-7-2-1-3-8-22/h1-3,6-14,17,27-28,30,34H,4-5,15-16,18,20-21H2/t27-,28-,30+/m0/s1. The first kappa shape index (κ1) is 23.3. The van der Waals surface area contributed by atoms with E-state index in [1.54, 1.807) is 0 Å². The molecule has 2 aliphatic rings. The van der Waals surface area contributed by atoms with Gasteiger partial charge in [-0.1, -0.05) is 66.7 Å². The highest BCUT2D eigenvalue weighted by Crippen LogP contribution is 2.42. The second-order valence-electron chi connectivity index (χ2n) is 9.60. The molecule has 2 heterocycles. The normalized spacial score (nSPS) is 22.3. The molecule has 35 heavy (non-hydrogen) atoms. The number of aliphatic hydroxyl groups excluding tert-OH is 1. The van der Waals surface area contributed by atoms with Crippen LogP contribution in [0.15, 0.2) is 78.9 Å². The maximum absolute atomic E-state index is 13.2. The van der Waals surface area contributed by atoms with Gasteiger partial charge in [0.1, 0.15) is 0 Å². The van der Waals surface area contributed by atoms with Crippen LogP contribution >= 0.6 is 0 Å². The van der Waals surface area contributed by atoms with Crippen LogP contribution in [0, 0.1) is 11.3 Å². The lowest BCUT2D eigenvalue weighted by Gasteiger charge is -2.57. The van der Waals surface area contributed by atoms with Gasteiger partial charge in [0.25, 0.3) is 0 Å². The minimum Gasteiger partial charge on any atom is -0.395 e. The molecule has 0 bridgehead atoms. The number of amides is 1. The molecule has 2 fully saturated rings. The van der Waals surface area contributed by atoms with Gasteiger partial charge in [-0.25, -0.2) is 0 Å². The third kappa shape index (κ3) is 4.86. The average Bonchev–Trinajstić information content (AvgIpc) is 2.88. The lowest BCUT2D eigenvalue weighted by molar-refractivity contribution is -0.135. The zero-order chi connectivity index (χ0) is 24.2. The molecule has 0 saturated carbocycles. The molecule has 1 N–H and O–H groups in total. The molecule has 5 rings (SSSR count). The molecule has 0 unspecified atom stereocenters. The van der Waals surface area contributed by atoms with Crippen molar-refractivity contribution >= 4 is 5.91 Å². The molecular weight excluding hydrogens is 434 g/mol. The van der Waals surface area contributed by atoms with Gasteiger partial charge in [0.15, 0.2) is 0 Å². The van der Waals surface area contributed by atoms with Crippen LogP contribution in [0.25, 0.3) is 11.1 Å². The second-order valence-corrected chi connectivity index (χ2v) is 9.60. The van der Waals surface area contributed by atoms with E-state index in [1.165, 1.54) is 5.56 Å². The predicted molar refractivity (Wildman–Crippen MR) is 137 cm³/mol. The number of benzene rings is 3. The number of hydrogen-bond donors (Lipinski definition) is 1. The van der Waals surface area contributed by atoms with Gasteiger partial charge in [0, 0.05) is 31.1 Å². The van der Waals surface area contributed by atoms with E-state index >= 15 is 0 Å².